The molecule has 0 radical (unpaired) electrons. The van der Waals surface area contributed by atoms with E-state index in [0.29, 0.717) is 0 Å². The molecule has 0 fully saturated rings. The first kappa shape index (κ1) is 31.3. The van der Waals surface area contributed by atoms with Crippen LogP contribution in [-0.4, -0.2) is 0 Å². The second-order valence-corrected chi connectivity index (χ2v) is 12.2. The topological polar surface area (TPSA) is 3.24 Å². The van der Waals surface area contributed by atoms with Crippen LogP contribution in [0.2, 0.25) is 0 Å². The van der Waals surface area contributed by atoms with Crippen LogP contribution in [0.5, 0.6) is 0 Å². The van der Waals surface area contributed by atoms with Gasteiger partial charge >= 0.3 is 0 Å². The summed E-state index contributed by atoms with van der Waals surface area (Å²) in [7, 11) is 0. The van der Waals surface area contributed by atoms with E-state index in [1.165, 1.54) is 61.2 Å². The van der Waals surface area contributed by atoms with E-state index in [0.717, 1.165) is 11.4 Å². The van der Waals surface area contributed by atoms with E-state index in [2.05, 4.69) is 209 Å². The zero-order valence-electron chi connectivity index (χ0n) is 27.7. The van der Waals surface area contributed by atoms with Gasteiger partial charge in [0.2, 0.25) is 0 Å². The quantitative estimate of drug-likeness (QED) is 0.148. The van der Waals surface area contributed by atoms with E-state index < -0.39 is 0 Å². The Morgan fingerprint density at radius 1 is 0.447 bits per heavy atom. The lowest BCUT2D eigenvalue weighted by molar-refractivity contribution is 1.25. The summed E-state index contributed by atoms with van der Waals surface area (Å²) in [4.78, 5) is 2.32. The molecule has 6 aromatic rings. The molecule has 0 bridgehead atoms. The van der Waals surface area contributed by atoms with Gasteiger partial charge in [0, 0.05) is 23.1 Å². The van der Waals surface area contributed by atoms with Crippen LogP contribution in [0.25, 0.3) is 17.2 Å². The Bertz CT molecular complexity index is 1940. The van der Waals surface area contributed by atoms with Crippen molar-refractivity contribution in [3.05, 3.63) is 220 Å². The van der Waals surface area contributed by atoms with Crippen molar-refractivity contribution < 1.29 is 0 Å². The second kappa shape index (κ2) is 14.6. The van der Waals surface area contributed by atoms with Gasteiger partial charge in [0.25, 0.3) is 0 Å². The maximum absolute atomic E-state index is 2.32. The highest BCUT2D eigenvalue weighted by Crippen LogP contribution is 2.33. The summed E-state index contributed by atoms with van der Waals surface area (Å²) in [5.41, 5.74) is 15.6. The maximum Gasteiger partial charge on any atom is 0.0458 e. The predicted molar refractivity (Wildman–Crippen MR) is 203 cm³/mol. The summed E-state index contributed by atoms with van der Waals surface area (Å²) in [6.45, 7) is 8.60. The fourth-order valence-corrected chi connectivity index (χ4v) is 5.83. The molecular formula is C46H41N. The SMILES string of the molecule is Cc1ccc(C(=C/C=C/c2ccc(N(C=C(c3ccccc3)c3ccccc3)c3cccc(C)c3)cc2C)c2ccc(C)cc2)cc1. The van der Waals surface area contributed by atoms with Crippen LogP contribution in [-0.2, 0) is 0 Å². The van der Waals surface area contributed by atoms with E-state index in [4.69, 9.17) is 0 Å². The van der Waals surface area contributed by atoms with Crippen LogP contribution in [0, 0.1) is 27.7 Å². The van der Waals surface area contributed by atoms with Crippen LogP contribution in [0.4, 0.5) is 11.4 Å². The first-order chi connectivity index (χ1) is 22.9. The molecule has 0 atom stereocenters. The van der Waals surface area contributed by atoms with E-state index in [1.807, 2.05) is 0 Å². The summed E-state index contributed by atoms with van der Waals surface area (Å²) < 4.78 is 0. The van der Waals surface area contributed by atoms with Gasteiger partial charge in [-0.3, -0.25) is 0 Å². The van der Waals surface area contributed by atoms with Crippen LogP contribution in [0.1, 0.15) is 50.1 Å². The Morgan fingerprint density at radius 3 is 1.51 bits per heavy atom. The molecule has 0 aliphatic rings. The van der Waals surface area contributed by atoms with Gasteiger partial charge in [0.05, 0.1) is 0 Å². The summed E-state index contributed by atoms with van der Waals surface area (Å²) in [6.07, 6.45) is 8.91. The fraction of sp³-hybridized carbons (Fsp3) is 0.0870. The fourth-order valence-electron chi connectivity index (χ4n) is 5.83. The molecule has 6 rings (SSSR count). The molecule has 0 saturated carbocycles. The second-order valence-electron chi connectivity index (χ2n) is 12.2. The highest BCUT2D eigenvalue weighted by molar-refractivity contribution is 5.85. The minimum atomic E-state index is 1.12. The van der Waals surface area contributed by atoms with Crippen LogP contribution in [0.15, 0.2) is 170 Å². The number of nitrogens with zero attached hydrogens (tertiary/aromatic N) is 1. The summed E-state index contributed by atoms with van der Waals surface area (Å²) in [5, 5.41) is 0. The highest BCUT2D eigenvalue weighted by atomic mass is 15.1. The summed E-state index contributed by atoms with van der Waals surface area (Å²) >= 11 is 0. The number of allylic oxidation sites excluding steroid dienone is 2. The average Bonchev–Trinajstić information content (AvgIpc) is 3.10. The Hall–Kier alpha value is -5.66. The van der Waals surface area contributed by atoms with Gasteiger partial charge in [0.15, 0.2) is 0 Å². The molecule has 0 spiro atoms. The van der Waals surface area contributed by atoms with Crippen molar-refractivity contribution in [2.75, 3.05) is 4.90 Å². The van der Waals surface area contributed by atoms with Crippen molar-refractivity contribution in [3.63, 3.8) is 0 Å². The van der Waals surface area contributed by atoms with Crippen LogP contribution in [0.3, 0.4) is 0 Å². The van der Waals surface area contributed by atoms with Gasteiger partial charge in [-0.1, -0.05) is 157 Å². The molecule has 230 valence electrons. The van der Waals surface area contributed by atoms with Gasteiger partial charge in [0.1, 0.15) is 0 Å². The molecule has 0 aliphatic heterocycles. The number of aryl methyl sites for hydroxylation is 4. The Labute approximate surface area is 280 Å². The van der Waals surface area contributed by atoms with Crippen molar-refractivity contribution in [1.82, 2.24) is 0 Å². The lowest BCUT2D eigenvalue weighted by Crippen LogP contribution is -2.11. The molecule has 0 aromatic heterocycles. The maximum atomic E-state index is 2.32. The van der Waals surface area contributed by atoms with E-state index in [-0.39, 0.29) is 0 Å². The van der Waals surface area contributed by atoms with Gasteiger partial charge in [-0.05, 0) is 96.5 Å². The predicted octanol–water partition coefficient (Wildman–Crippen LogP) is 12.3. The van der Waals surface area contributed by atoms with Gasteiger partial charge in [-0.15, -0.1) is 0 Å². The third-order valence-corrected chi connectivity index (χ3v) is 8.50. The summed E-state index contributed by atoms with van der Waals surface area (Å²) in [5.74, 6) is 0. The third-order valence-electron chi connectivity index (χ3n) is 8.50. The monoisotopic (exact) mass is 607 g/mol. The van der Waals surface area contributed by atoms with Crippen LogP contribution >= 0.6 is 0 Å². The minimum absolute atomic E-state index is 1.12. The summed E-state index contributed by atoms with van der Waals surface area (Å²) in [6, 6.07) is 54.3. The molecule has 0 saturated heterocycles. The molecule has 0 unspecified atom stereocenters. The molecule has 0 N–H and O–H groups in total. The number of rotatable bonds is 9. The highest BCUT2D eigenvalue weighted by Gasteiger charge is 2.13. The third kappa shape index (κ3) is 7.77. The van der Waals surface area contributed by atoms with Gasteiger partial charge < -0.3 is 4.90 Å². The number of benzene rings is 6. The van der Waals surface area contributed by atoms with Crippen molar-refractivity contribution in [2.24, 2.45) is 0 Å². The smallest absolute Gasteiger partial charge is 0.0458 e. The molecule has 0 heterocycles. The van der Waals surface area contributed by atoms with Crippen molar-refractivity contribution in [2.45, 2.75) is 27.7 Å². The Morgan fingerprint density at radius 2 is 0.979 bits per heavy atom. The molecular weight excluding hydrogens is 567 g/mol. The first-order valence-electron chi connectivity index (χ1n) is 16.3. The van der Waals surface area contributed by atoms with Crippen molar-refractivity contribution in [3.8, 4) is 0 Å². The lowest BCUT2D eigenvalue weighted by Gasteiger charge is -2.24. The molecule has 1 nitrogen and oxygen atoms in total. The zero-order valence-corrected chi connectivity index (χ0v) is 27.7. The molecule has 0 amide bonds. The Balaban J connectivity index is 1.39. The average molecular weight is 608 g/mol. The number of hydrogen-bond donors (Lipinski definition) is 0. The zero-order chi connectivity index (χ0) is 32.6. The first-order valence-corrected chi connectivity index (χ1v) is 16.3. The Kier molecular flexibility index (Phi) is 9.75. The molecule has 47 heavy (non-hydrogen) atoms. The standard InChI is InChI=1S/C46H41N/c1-34-21-25-41(26-22-34)45(42-27-23-35(2)24-28-42)20-12-18-38-29-30-44(32-37(38)4)47(43-19-11-13-36(3)31-43)33-46(39-14-7-5-8-15-39)40-16-9-6-10-17-40/h5-33H,1-4H3/b18-12+. The van der Waals surface area contributed by atoms with Crippen molar-refractivity contribution in [1.29, 1.82) is 0 Å². The molecule has 6 aromatic carbocycles. The van der Waals surface area contributed by atoms with Crippen molar-refractivity contribution >= 4 is 28.6 Å². The number of anilines is 2. The molecule has 0 aliphatic carbocycles. The lowest BCUT2D eigenvalue weighted by atomic mass is 9.95. The van der Waals surface area contributed by atoms with Crippen LogP contribution < -0.4 is 4.90 Å². The van der Waals surface area contributed by atoms with E-state index in [9.17, 15) is 0 Å². The number of hydrogen-bond acceptors (Lipinski definition) is 1. The van der Waals surface area contributed by atoms with E-state index in [1.54, 1.807) is 0 Å². The molecule has 1 heteroatoms. The van der Waals surface area contributed by atoms with E-state index >= 15 is 0 Å². The largest absolute Gasteiger partial charge is 0.317 e. The van der Waals surface area contributed by atoms with Gasteiger partial charge in [-0.25, -0.2) is 0 Å². The normalized spacial score (nSPS) is 10.9. The minimum Gasteiger partial charge on any atom is -0.317 e. The van der Waals surface area contributed by atoms with Gasteiger partial charge in [-0.2, -0.15) is 0 Å².